The van der Waals surface area contributed by atoms with Gasteiger partial charge < -0.3 is 5.40 Å². The number of nitrogens with two attached hydrogens (primary N) is 1. The van der Waals surface area contributed by atoms with Crippen LogP contribution in [0.4, 0.5) is 0 Å². The molecule has 0 aromatic heterocycles. The molecule has 1 unspecified atom stereocenters. The van der Waals surface area contributed by atoms with Gasteiger partial charge >= 0.3 is 0 Å². The van der Waals surface area contributed by atoms with Crippen LogP contribution in [0.2, 0.25) is 18.1 Å². The first-order chi connectivity index (χ1) is 4.36. The lowest BCUT2D eigenvalue weighted by Crippen LogP contribution is -2.46. The zero-order valence-corrected chi connectivity index (χ0v) is 8.94. The summed E-state index contributed by atoms with van der Waals surface area (Å²) in [4.78, 5) is 0. The van der Waals surface area contributed by atoms with Crippen molar-refractivity contribution < 1.29 is 0 Å². The third-order valence-electron chi connectivity index (χ3n) is 2.17. The van der Waals surface area contributed by atoms with Gasteiger partial charge in [-0.15, -0.1) is 0 Å². The second-order valence-corrected chi connectivity index (χ2v) is 8.83. The molecule has 0 heterocycles. The van der Waals surface area contributed by atoms with Crippen LogP contribution < -0.4 is 5.40 Å². The van der Waals surface area contributed by atoms with Crippen LogP contribution in [0.15, 0.2) is 0 Å². The summed E-state index contributed by atoms with van der Waals surface area (Å²) in [5.74, 6) is 0.768. The molecule has 0 fully saturated rings. The molecule has 62 valence electrons. The first-order valence-electron chi connectivity index (χ1n) is 4.15. The summed E-state index contributed by atoms with van der Waals surface area (Å²) in [7, 11) is -1.34. The summed E-state index contributed by atoms with van der Waals surface area (Å²) in [6.07, 6.45) is 0. The van der Waals surface area contributed by atoms with E-state index in [-0.39, 0.29) is 0 Å². The van der Waals surface area contributed by atoms with Gasteiger partial charge in [-0.05, 0) is 17.5 Å². The van der Waals surface area contributed by atoms with Gasteiger partial charge in [0.2, 0.25) is 0 Å². The van der Waals surface area contributed by atoms with Crippen molar-refractivity contribution in [2.75, 3.05) is 0 Å². The average molecular weight is 159 g/mol. The van der Waals surface area contributed by atoms with E-state index < -0.39 is 8.24 Å². The average Bonchev–Trinajstić information content (AvgIpc) is 1.60. The van der Waals surface area contributed by atoms with E-state index in [2.05, 4.69) is 34.2 Å². The molecule has 0 aliphatic rings. The fourth-order valence-electron chi connectivity index (χ4n) is 1.12. The third-order valence-corrected chi connectivity index (χ3v) is 6.50. The number of hydrogen-bond donors (Lipinski definition) is 1. The maximum atomic E-state index is 6.20. The van der Waals surface area contributed by atoms with Crippen molar-refractivity contribution >= 4 is 8.24 Å². The van der Waals surface area contributed by atoms with E-state index in [1.54, 1.807) is 0 Å². The third kappa shape index (κ3) is 3.37. The highest BCUT2D eigenvalue weighted by atomic mass is 28.3. The van der Waals surface area contributed by atoms with E-state index in [4.69, 9.17) is 5.40 Å². The molecule has 0 radical (unpaired) electrons. The van der Waals surface area contributed by atoms with Gasteiger partial charge in [-0.1, -0.05) is 34.2 Å². The van der Waals surface area contributed by atoms with E-state index in [1.165, 1.54) is 6.04 Å². The van der Waals surface area contributed by atoms with Crippen molar-refractivity contribution in [3.05, 3.63) is 0 Å². The fourth-order valence-corrected chi connectivity index (χ4v) is 3.35. The normalized spacial score (nSPS) is 18.0. The first kappa shape index (κ1) is 10.2. The molecule has 2 N–H and O–H groups in total. The van der Waals surface area contributed by atoms with Crippen LogP contribution >= 0.6 is 0 Å². The Morgan fingerprint density at radius 1 is 1.20 bits per heavy atom. The van der Waals surface area contributed by atoms with E-state index in [1.807, 2.05) is 0 Å². The van der Waals surface area contributed by atoms with Gasteiger partial charge in [-0.25, -0.2) is 0 Å². The van der Waals surface area contributed by atoms with Gasteiger partial charge in [0.15, 0.2) is 0 Å². The maximum absolute atomic E-state index is 6.20. The summed E-state index contributed by atoms with van der Waals surface area (Å²) in [6, 6.07) is 1.25. The highest BCUT2D eigenvalue weighted by Crippen LogP contribution is 2.22. The molecule has 0 spiro atoms. The van der Waals surface area contributed by atoms with Crippen molar-refractivity contribution in [1.29, 1.82) is 0 Å². The number of hydrogen-bond acceptors (Lipinski definition) is 1. The lowest BCUT2D eigenvalue weighted by Gasteiger charge is -2.27. The minimum atomic E-state index is -1.34. The number of rotatable bonds is 3. The Hall–Kier alpha value is 0.177. The molecule has 0 saturated heterocycles. The monoisotopic (exact) mass is 159 g/mol. The zero-order chi connectivity index (χ0) is 8.36. The molecule has 0 aliphatic heterocycles. The lowest BCUT2D eigenvalue weighted by atomic mass is 10.3. The fraction of sp³-hybridized carbons (Fsp3) is 1.00. The Kier molecular flexibility index (Phi) is 3.60. The topological polar surface area (TPSA) is 26.0 Å². The van der Waals surface area contributed by atoms with Crippen LogP contribution in [0.3, 0.4) is 0 Å². The molecule has 10 heavy (non-hydrogen) atoms. The maximum Gasteiger partial charge on any atom is 0.122 e. The van der Waals surface area contributed by atoms with Crippen molar-refractivity contribution in [3.63, 3.8) is 0 Å². The Labute approximate surface area is 66.1 Å². The van der Waals surface area contributed by atoms with Crippen LogP contribution in [-0.4, -0.2) is 8.24 Å². The van der Waals surface area contributed by atoms with E-state index in [0.29, 0.717) is 0 Å². The predicted octanol–water partition coefficient (Wildman–Crippen LogP) is 2.59. The quantitative estimate of drug-likeness (QED) is 0.629. The molecule has 0 rings (SSSR count). The molecule has 0 aliphatic carbocycles. The summed E-state index contributed by atoms with van der Waals surface area (Å²) >= 11 is 0. The van der Waals surface area contributed by atoms with Crippen molar-refractivity contribution in [3.8, 4) is 0 Å². The van der Waals surface area contributed by atoms with Gasteiger partial charge in [0.1, 0.15) is 8.24 Å². The summed E-state index contributed by atoms with van der Waals surface area (Å²) < 4.78 is 0. The van der Waals surface area contributed by atoms with E-state index in [9.17, 15) is 0 Å². The van der Waals surface area contributed by atoms with Crippen LogP contribution in [0, 0.1) is 5.92 Å². The smallest absolute Gasteiger partial charge is 0.122 e. The minimum Gasteiger partial charge on any atom is -0.351 e. The molecule has 1 atom stereocenters. The highest BCUT2D eigenvalue weighted by Gasteiger charge is 2.26. The Morgan fingerprint density at radius 3 is 1.70 bits per heavy atom. The van der Waals surface area contributed by atoms with Crippen LogP contribution in [0.25, 0.3) is 0 Å². The van der Waals surface area contributed by atoms with E-state index >= 15 is 0 Å². The van der Waals surface area contributed by atoms with Crippen molar-refractivity contribution in [2.45, 2.75) is 45.8 Å². The molecular formula is C8H21NSi. The summed E-state index contributed by atoms with van der Waals surface area (Å²) in [5, 5.41) is 6.20. The second-order valence-electron chi connectivity index (χ2n) is 4.26. The Morgan fingerprint density at radius 2 is 1.60 bits per heavy atom. The molecule has 2 heteroatoms. The lowest BCUT2D eigenvalue weighted by molar-refractivity contribution is 0.706. The Balaban J connectivity index is 3.87. The van der Waals surface area contributed by atoms with Crippen molar-refractivity contribution in [2.24, 2.45) is 11.3 Å². The standard InChI is InChI=1S/C8H21NSi/c1-7(2)6-10(5,9)8(3)4/h7-8H,6,9H2,1-5H3. The summed E-state index contributed by atoms with van der Waals surface area (Å²) in [5.41, 5.74) is 0.717. The minimum absolute atomic E-state index is 0.717. The van der Waals surface area contributed by atoms with Gasteiger partial charge in [0, 0.05) is 0 Å². The second kappa shape index (κ2) is 3.53. The molecule has 0 aromatic carbocycles. The molecule has 0 saturated carbocycles. The summed E-state index contributed by atoms with van der Waals surface area (Å²) in [6.45, 7) is 11.3. The van der Waals surface area contributed by atoms with Crippen LogP contribution in [0.5, 0.6) is 0 Å². The molecule has 0 amide bonds. The van der Waals surface area contributed by atoms with E-state index in [0.717, 1.165) is 11.5 Å². The van der Waals surface area contributed by atoms with Crippen molar-refractivity contribution in [1.82, 2.24) is 0 Å². The first-order valence-corrected chi connectivity index (χ1v) is 7.01. The SMILES string of the molecule is CC(C)C[Si](C)(N)C(C)C. The van der Waals surface area contributed by atoms with Gasteiger partial charge in [0.05, 0.1) is 0 Å². The zero-order valence-electron chi connectivity index (χ0n) is 7.94. The molecule has 0 bridgehead atoms. The molecule has 1 nitrogen and oxygen atoms in total. The highest BCUT2D eigenvalue weighted by molar-refractivity contribution is 6.76. The Bertz CT molecular complexity index is 97.4. The van der Waals surface area contributed by atoms with Gasteiger partial charge in [0.25, 0.3) is 0 Å². The molecular weight excluding hydrogens is 138 g/mol. The van der Waals surface area contributed by atoms with Crippen LogP contribution in [0.1, 0.15) is 27.7 Å². The van der Waals surface area contributed by atoms with Gasteiger partial charge in [-0.2, -0.15) is 0 Å². The molecule has 0 aromatic rings. The van der Waals surface area contributed by atoms with Gasteiger partial charge in [-0.3, -0.25) is 0 Å². The predicted molar refractivity (Wildman–Crippen MR) is 50.5 cm³/mol. The van der Waals surface area contributed by atoms with Crippen LogP contribution in [-0.2, 0) is 0 Å². The largest absolute Gasteiger partial charge is 0.351 e.